The second-order valence-electron chi connectivity index (χ2n) is 3.87. The van der Waals surface area contributed by atoms with E-state index in [4.69, 9.17) is 4.74 Å². The predicted octanol–water partition coefficient (Wildman–Crippen LogP) is 3.16. The van der Waals surface area contributed by atoms with Gasteiger partial charge in [0.05, 0.1) is 7.11 Å². The highest BCUT2D eigenvalue weighted by atomic mass is 19.2. The standard InChI is InChI=1S/C14H10F2O3/c1-19-13-5-8(7-17)4-10(14(13)18)9-2-3-11(15)12(16)6-9/h2-7,18H,1H3. The molecule has 2 rings (SSSR count). The number of carbonyl (C=O) groups is 1. The maximum atomic E-state index is 13.2. The Hall–Kier alpha value is -2.43. The van der Waals surface area contributed by atoms with Crippen molar-refractivity contribution in [3.63, 3.8) is 0 Å². The third kappa shape index (κ3) is 2.40. The second kappa shape index (κ2) is 5.06. The number of carbonyl (C=O) groups excluding carboxylic acids is 1. The molecule has 0 unspecified atom stereocenters. The first-order chi connectivity index (χ1) is 9.06. The number of aromatic hydroxyl groups is 1. The van der Waals surface area contributed by atoms with Gasteiger partial charge in [-0.15, -0.1) is 0 Å². The highest BCUT2D eigenvalue weighted by molar-refractivity contribution is 5.83. The lowest BCUT2D eigenvalue weighted by Crippen LogP contribution is -1.92. The quantitative estimate of drug-likeness (QED) is 0.866. The van der Waals surface area contributed by atoms with Gasteiger partial charge in [-0.05, 0) is 29.8 Å². The summed E-state index contributed by atoms with van der Waals surface area (Å²) in [7, 11) is 1.33. The summed E-state index contributed by atoms with van der Waals surface area (Å²) >= 11 is 0. The molecule has 0 saturated heterocycles. The average molecular weight is 264 g/mol. The van der Waals surface area contributed by atoms with Crippen LogP contribution in [0.15, 0.2) is 30.3 Å². The SMILES string of the molecule is COc1cc(C=O)cc(-c2ccc(F)c(F)c2)c1O. The molecule has 0 saturated carbocycles. The molecule has 0 aromatic heterocycles. The zero-order valence-electron chi connectivity index (χ0n) is 9.98. The number of rotatable bonds is 3. The Morgan fingerprint density at radius 1 is 1.16 bits per heavy atom. The van der Waals surface area contributed by atoms with E-state index in [1.54, 1.807) is 0 Å². The van der Waals surface area contributed by atoms with Crippen molar-refractivity contribution in [2.24, 2.45) is 0 Å². The van der Waals surface area contributed by atoms with Crippen molar-refractivity contribution in [3.8, 4) is 22.6 Å². The third-order valence-corrected chi connectivity index (χ3v) is 2.68. The van der Waals surface area contributed by atoms with E-state index in [1.807, 2.05) is 0 Å². The van der Waals surface area contributed by atoms with Crippen LogP contribution in [0.5, 0.6) is 11.5 Å². The van der Waals surface area contributed by atoms with Crippen LogP contribution in [0.3, 0.4) is 0 Å². The first kappa shape index (κ1) is 13.0. The Morgan fingerprint density at radius 2 is 1.89 bits per heavy atom. The van der Waals surface area contributed by atoms with Crippen LogP contribution in [-0.2, 0) is 0 Å². The van der Waals surface area contributed by atoms with E-state index < -0.39 is 11.6 Å². The molecule has 0 heterocycles. The number of phenols is 1. The maximum absolute atomic E-state index is 13.2. The van der Waals surface area contributed by atoms with E-state index in [0.717, 1.165) is 12.1 Å². The van der Waals surface area contributed by atoms with Gasteiger partial charge >= 0.3 is 0 Å². The van der Waals surface area contributed by atoms with E-state index in [9.17, 15) is 18.7 Å². The second-order valence-corrected chi connectivity index (χ2v) is 3.87. The molecule has 0 radical (unpaired) electrons. The van der Waals surface area contributed by atoms with Crippen molar-refractivity contribution in [3.05, 3.63) is 47.5 Å². The molecule has 5 heteroatoms. The van der Waals surface area contributed by atoms with Gasteiger partial charge in [0, 0.05) is 11.1 Å². The van der Waals surface area contributed by atoms with Crippen molar-refractivity contribution in [1.29, 1.82) is 0 Å². The van der Waals surface area contributed by atoms with Crippen LogP contribution in [0.1, 0.15) is 10.4 Å². The van der Waals surface area contributed by atoms with Crippen LogP contribution >= 0.6 is 0 Å². The molecule has 0 bridgehead atoms. The van der Waals surface area contributed by atoms with E-state index in [-0.39, 0.29) is 28.2 Å². The largest absolute Gasteiger partial charge is 0.504 e. The average Bonchev–Trinajstić information content (AvgIpc) is 2.42. The normalized spacial score (nSPS) is 10.3. The fraction of sp³-hybridized carbons (Fsp3) is 0.0714. The van der Waals surface area contributed by atoms with E-state index >= 15 is 0 Å². The summed E-state index contributed by atoms with van der Waals surface area (Å²) in [5, 5.41) is 9.97. The van der Waals surface area contributed by atoms with Crippen molar-refractivity contribution in [2.45, 2.75) is 0 Å². The van der Waals surface area contributed by atoms with E-state index in [1.165, 1.54) is 25.3 Å². The molecule has 0 aliphatic heterocycles. The smallest absolute Gasteiger partial charge is 0.165 e. The van der Waals surface area contributed by atoms with Crippen molar-refractivity contribution in [1.82, 2.24) is 0 Å². The Labute approximate surface area is 108 Å². The minimum atomic E-state index is -1.03. The molecule has 3 nitrogen and oxygen atoms in total. The number of hydrogen-bond acceptors (Lipinski definition) is 3. The molecular formula is C14H10F2O3. The Morgan fingerprint density at radius 3 is 2.47 bits per heavy atom. The van der Waals surface area contributed by atoms with Crippen molar-refractivity contribution >= 4 is 6.29 Å². The zero-order valence-corrected chi connectivity index (χ0v) is 9.98. The summed E-state index contributed by atoms with van der Waals surface area (Å²) in [6.45, 7) is 0. The Bertz CT molecular complexity index is 639. The van der Waals surface area contributed by atoms with Gasteiger partial charge < -0.3 is 9.84 Å². The van der Waals surface area contributed by atoms with Gasteiger partial charge in [0.25, 0.3) is 0 Å². The van der Waals surface area contributed by atoms with Gasteiger partial charge in [-0.1, -0.05) is 6.07 Å². The summed E-state index contributed by atoms with van der Waals surface area (Å²) in [6.07, 6.45) is 0.575. The molecule has 0 spiro atoms. The zero-order chi connectivity index (χ0) is 14.0. The first-order valence-corrected chi connectivity index (χ1v) is 5.38. The van der Waals surface area contributed by atoms with Crippen molar-refractivity contribution < 1.29 is 23.4 Å². The fourth-order valence-corrected chi connectivity index (χ4v) is 1.74. The van der Waals surface area contributed by atoms with Crippen LogP contribution in [-0.4, -0.2) is 18.5 Å². The van der Waals surface area contributed by atoms with Gasteiger partial charge in [0.15, 0.2) is 23.1 Å². The Kier molecular flexibility index (Phi) is 3.46. The molecular weight excluding hydrogens is 254 g/mol. The van der Waals surface area contributed by atoms with E-state index in [2.05, 4.69) is 0 Å². The number of benzene rings is 2. The summed E-state index contributed by atoms with van der Waals surface area (Å²) in [6, 6.07) is 5.92. The maximum Gasteiger partial charge on any atom is 0.165 e. The number of phenolic OH excluding ortho intramolecular Hbond substituents is 1. The lowest BCUT2D eigenvalue weighted by Gasteiger charge is -2.10. The highest BCUT2D eigenvalue weighted by Gasteiger charge is 2.14. The molecule has 98 valence electrons. The molecule has 0 amide bonds. The van der Waals surface area contributed by atoms with Gasteiger partial charge in [-0.3, -0.25) is 4.79 Å². The molecule has 19 heavy (non-hydrogen) atoms. The molecule has 0 fully saturated rings. The molecule has 1 N–H and O–H groups in total. The van der Waals surface area contributed by atoms with Crippen LogP contribution in [0.4, 0.5) is 8.78 Å². The molecule has 0 atom stereocenters. The topological polar surface area (TPSA) is 46.5 Å². The lowest BCUT2D eigenvalue weighted by atomic mass is 10.0. The van der Waals surface area contributed by atoms with Crippen LogP contribution in [0.2, 0.25) is 0 Å². The minimum Gasteiger partial charge on any atom is -0.504 e. The number of methoxy groups -OCH3 is 1. The Balaban J connectivity index is 2.66. The van der Waals surface area contributed by atoms with E-state index in [0.29, 0.717) is 6.29 Å². The fourth-order valence-electron chi connectivity index (χ4n) is 1.74. The monoisotopic (exact) mass is 264 g/mol. The summed E-state index contributed by atoms with van der Waals surface area (Å²) < 4.78 is 31.0. The van der Waals surface area contributed by atoms with Crippen LogP contribution in [0, 0.1) is 11.6 Å². The van der Waals surface area contributed by atoms with Gasteiger partial charge in [-0.25, -0.2) is 8.78 Å². The summed E-state index contributed by atoms with van der Waals surface area (Å²) in [5.74, 6) is -2.17. The van der Waals surface area contributed by atoms with Crippen molar-refractivity contribution in [2.75, 3.05) is 7.11 Å². The molecule has 0 aliphatic rings. The number of hydrogen-bond donors (Lipinski definition) is 1. The van der Waals surface area contributed by atoms with Gasteiger partial charge in [0.2, 0.25) is 0 Å². The summed E-state index contributed by atoms with van der Waals surface area (Å²) in [5.41, 5.74) is 0.702. The number of halogens is 2. The molecule has 2 aromatic carbocycles. The lowest BCUT2D eigenvalue weighted by molar-refractivity contribution is 0.112. The third-order valence-electron chi connectivity index (χ3n) is 2.68. The van der Waals surface area contributed by atoms with Crippen LogP contribution < -0.4 is 4.74 Å². The molecule has 0 aliphatic carbocycles. The first-order valence-electron chi connectivity index (χ1n) is 5.38. The highest BCUT2D eigenvalue weighted by Crippen LogP contribution is 2.38. The minimum absolute atomic E-state index is 0.0873. The summed E-state index contributed by atoms with van der Waals surface area (Å²) in [4.78, 5) is 10.8. The molecule has 2 aromatic rings. The van der Waals surface area contributed by atoms with Gasteiger partial charge in [-0.2, -0.15) is 0 Å². The number of aldehydes is 1. The van der Waals surface area contributed by atoms with Gasteiger partial charge in [0.1, 0.15) is 6.29 Å². The number of ether oxygens (including phenoxy) is 1. The van der Waals surface area contributed by atoms with Crippen LogP contribution in [0.25, 0.3) is 11.1 Å². The predicted molar refractivity (Wildman–Crippen MR) is 65.4 cm³/mol.